The van der Waals surface area contributed by atoms with Gasteiger partial charge in [-0.05, 0) is 25.8 Å². The Kier molecular flexibility index (Phi) is 5.66. The summed E-state index contributed by atoms with van der Waals surface area (Å²) in [5, 5.41) is 13.5. The van der Waals surface area contributed by atoms with Crippen LogP contribution in [0.1, 0.15) is 32.3 Å². The lowest BCUT2D eigenvalue weighted by molar-refractivity contribution is -0.122. The van der Waals surface area contributed by atoms with Crippen LogP contribution >= 0.6 is 15.9 Å². The van der Waals surface area contributed by atoms with Gasteiger partial charge in [0.1, 0.15) is 5.75 Å². The second kappa shape index (κ2) is 6.78. The number of carbonyl (C=O) groups is 1. The predicted octanol–water partition coefficient (Wildman–Crippen LogP) is 3.00. The van der Waals surface area contributed by atoms with Crippen LogP contribution in [0.5, 0.6) is 5.75 Å². The number of nitrogens with one attached hydrogen (secondary N) is 1. The third-order valence-corrected chi connectivity index (χ3v) is 3.61. The fraction of sp³-hybridized carbons (Fsp3) is 0.500. The van der Waals surface area contributed by atoms with Crippen LogP contribution in [0.15, 0.2) is 24.3 Å². The number of rotatable bonds is 6. The van der Waals surface area contributed by atoms with Gasteiger partial charge in [-0.2, -0.15) is 0 Å². The van der Waals surface area contributed by atoms with Gasteiger partial charge in [0.05, 0.1) is 6.42 Å². The molecule has 1 aromatic carbocycles. The molecular formula is C14H20BrNO2. The molecule has 1 rings (SSSR count). The maximum Gasteiger partial charge on any atom is 0.224 e. The van der Waals surface area contributed by atoms with Crippen LogP contribution in [-0.4, -0.2) is 21.9 Å². The Bertz CT molecular complexity index is 409. The number of phenolic OH excluding ortho intramolecular Hbond substituents is 1. The van der Waals surface area contributed by atoms with Crippen LogP contribution in [0.4, 0.5) is 0 Å². The first-order valence-corrected chi connectivity index (χ1v) is 7.27. The van der Waals surface area contributed by atoms with Gasteiger partial charge in [-0.15, -0.1) is 0 Å². The fourth-order valence-corrected chi connectivity index (χ4v) is 2.63. The van der Waals surface area contributed by atoms with E-state index in [9.17, 15) is 9.90 Å². The highest BCUT2D eigenvalue weighted by atomic mass is 79.9. The molecular weight excluding hydrogens is 294 g/mol. The summed E-state index contributed by atoms with van der Waals surface area (Å²) in [6, 6.07) is 6.93. The van der Waals surface area contributed by atoms with E-state index in [2.05, 4.69) is 28.2 Å². The molecule has 3 nitrogen and oxygen atoms in total. The highest BCUT2D eigenvalue weighted by Gasteiger charge is 2.23. The lowest BCUT2D eigenvalue weighted by atomic mass is 9.95. The van der Waals surface area contributed by atoms with E-state index in [1.165, 1.54) is 0 Å². The predicted molar refractivity (Wildman–Crippen MR) is 77.1 cm³/mol. The molecule has 1 amide bonds. The van der Waals surface area contributed by atoms with Gasteiger partial charge in [-0.1, -0.05) is 41.1 Å². The SMILES string of the molecule is CCC(C)(CCBr)NC(=O)Cc1ccccc1O. The molecule has 0 radical (unpaired) electrons. The molecule has 100 valence electrons. The number of hydrogen-bond donors (Lipinski definition) is 2. The number of benzene rings is 1. The molecule has 1 atom stereocenters. The lowest BCUT2D eigenvalue weighted by Gasteiger charge is -2.29. The van der Waals surface area contributed by atoms with Crippen molar-refractivity contribution in [2.75, 3.05) is 5.33 Å². The average Bonchev–Trinajstić information content (AvgIpc) is 2.32. The third-order valence-electron chi connectivity index (χ3n) is 3.21. The number of alkyl halides is 1. The first-order valence-electron chi connectivity index (χ1n) is 6.14. The summed E-state index contributed by atoms with van der Waals surface area (Å²) in [6.07, 6.45) is 1.98. The molecule has 18 heavy (non-hydrogen) atoms. The van der Waals surface area contributed by atoms with E-state index in [1.54, 1.807) is 18.2 Å². The molecule has 0 spiro atoms. The monoisotopic (exact) mass is 313 g/mol. The van der Waals surface area contributed by atoms with Gasteiger partial charge in [0.2, 0.25) is 5.91 Å². The van der Waals surface area contributed by atoms with E-state index in [0.29, 0.717) is 5.56 Å². The third kappa shape index (κ3) is 4.33. The van der Waals surface area contributed by atoms with Crippen LogP contribution in [0.2, 0.25) is 0 Å². The standard InChI is InChI=1S/C14H20BrNO2/c1-3-14(2,8-9-15)16-13(18)10-11-6-4-5-7-12(11)17/h4-7,17H,3,8-10H2,1-2H3,(H,16,18). The number of aromatic hydroxyl groups is 1. The zero-order valence-electron chi connectivity index (χ0n) is 10.9. The molecule has 2 N–H and O–H groups in total. The largest absolute Gasteiger partial charge is 0.508 e. The minimum Gasteiger partial charge on any atom is -0.508 e. The summed E-state index contributed by atoms with van der Waals surface area (Å²) < 4.78 is 0. The van der Waals surface area contributed by atoms with Gasteiger partial charge in [0.15, 0.2) is 0 Å². The summed E-state index contributed by atoms with van der Waals surface area (Å²) >= 11 is 3.40. The summed E-state index contributed by atoms with van der Waals surface area (Å²) in [5.74, 6) is 0.119. The molecule has 0 saturated heterocycles. The van der Waals surface area contributed by atoms with Crippen LogP contribution in [-0.2, 0) is 11.2 Å². The van der Waals surface area contributed by atoms with Crippen LogP contribution < -0.4 is 5.32 Å². The summed E-state index contributed by atoms with van der Waals surface area (Å²) in [4.78, 5) is 12.0. The Morgan fingerprint density at radius 3 is 2.67 bits per heavy atom. The molecule has 4 heteroatoms. The van der Waals surface area contributed by atoms with Gasteiger partial charge in [-0.3, -0.25) is 4.79 Å². The minimum atomic E-state index is -0.190. The van der Waals surface area contributed by atoms with Crippen molar-refractivity contribution in [2.45, 2.75) is 38.6 Å². The summed E-state index contributed by atoms with van der Waals surface area (Å²) in [5.41, 5.74) is 0.470. The minimum absolute atomic E-state index is 0.0539. The molecule has 0 aliphatic carbocycles. The first-order chi connectivity index (χ1) is 8.50. The van der Waals surface area contributed by atoms with Crippen molar-refractivity contribution in [2.24, 2.45) is 0 Å². The smallest absolute Gasteiger partial charge is 0.224 e. The van der Waals surface area contributed by atoms with Gasteiger partial charge in [-0.25, -0.2) is 0 Å². The van der Waals surface area contributed by atoms with Crippen molar-refractivity contribution in [3.05, 3.63) is 29.8 Å². The molecule has 0 aromatic heterocycles. The van der Waals surface area contributed by atoms with Gasteiger partial charge >= 0.3 is 0 Å². The molecule has 0 bridgehead atoms. The highest BCUT2D eigenvalue weighted by Crippen LogP contribution is 2.19. The molecule has 1 aromatic rings. The Labute approximate surface area is 117 Å². The van der Waals surface area contributed by atoms with Gasteiger partial charge in [0.25, 0.3) is 0 Å². The fourth-order valence-electron chi connectivity index (χ4n) is 1.75. The molecule has 0 saturated carbocycles. The maximum atomic E-state index is 12.0. The second-order valence-corrected chi connectivity index (χ2v) is 5.50. The van der Waals surface area contributed by atoms with Gasteiger partial charge < -0.3 is 10.4 Å². The van der Waals surface area contributed by atoms with Gasteiger partial charge in [0, 0.05) is 16.4 Å². The van der Waals surface area contributed by atoms with Crippen LogP contribution in [0, 0.1) is 0 Å². The Morgan fingerprint density at radius 2 is 2.11 bits per heavy atom. The Morgan fingerprint density at radius 1 is 1.44 bits per heavy atom. The first kappa shape index (κ1) is 15.0. The topological polar surface area (TPSA) is 49.3 Å². The number of para-hydroxylation sites is 1. The lowest BCUT2D eigenvalue weighted by Crippen LogP contribution is -2.46. The van der Waals surface area contributed by atoms with E-state index in [0.717, 1.165) is 18.2 Å². The summed E-state index contributed by atoms with van der Waals surface area (Å²) in [6.45, 7) is 4.10. The van der Waals surface area contributed by atoms with Crippen molar-refractivity contribution in [3.8, 4) is 5.75 Å². The number of carbonyl (C=O) groups excluding carboxylic acids is 1. The molecule has 0 fully saturated rings. The van der Waals surface area contributed by atoms with E-state index in [4.69, 9.17) is 0 Å². The summed E-state index contributed by atoms with van der Waals surface area (Å²) in [7, 11) is 0. The quantitative estimate of drug-likeness (QED) is 0.793. The molecule has 1 unspecified atom stereocenters. The Hall–Kier alpha value is -1.03. The molecule has 0 aliphatic rings. The van der Waals surface area contributed by atoms with Crippen LogP contribution in [0.3, 0.4) is 0 Å². The van der Waals surface area contributed by atoms with E-state index in [-0.39, 0.29) is 23.6 Å². The van der Waals surface area contributed by atoms with Crippen molar-refractivity contribution < 1.29 is 9.90 Å². The number of hydrogen-bond acceptors (Lipinski definition) is 2. The maximum absolute atomic E-state index is 12.0. The van der Waals surface area contributed by atoms with Crippen LogP contribution in [0.25, 0.3) is 0 Å². The highest BCUT2D eigenvalue weighted by molar-refractivity contribution is 9.09. The number of halogens is 1. The number of amides is 1. The zero-order valence-corrected chi connectivity index (χ0v) is 12.5. The normalized spacial score (nSPS) is 13.9. The second-order valence-electron chi connectivity index (χ2n) is 4.71. The molecule has 0 aliphatic heterocycles. The average molecular weight is 314 g/mol. The molecule has 0 heterocycles. The van der Waals surface area contributed by atoms with E-state index >= 15 is 0 Å². The van der Waals surface area contributed by atoms with E-state index in [1.807, 2.05) is 13.0 Å². The van der Waals surface area contributed by atoms with Crippen molar-refractivity contribution in [1.82, 2.24) is 5.32 Å². The van der Waals surface area contributed by atoms with Crippen molar-refractivity contribution in [3.63, 3.8) is 0 Å². The van der Waals surface area contributed by atoms with Crippen molar-refractivity contribution in [1.29, 1.82) is 0 Å². The Balaban J connectivity index is 2.64. The van der Waals surface area contributed by atoms with Crippen molar-refractivity contribution >= 4 is 21.8 Å². The zero-order chi connectivity index (χ0) is 13.6. The number of phenols is 1. The van der Waals surface area contributed by atoms with E-state index < -0.39 is 0 Å².